The highest BCUT2D eigenvalue weighted by Crippen LogP contribution is 2.19. The van der Waals surface area contributed by atoms with E-state index in [1.165, 1.54) is 12.8 Å². The molecule has 1 aromatic carbocycles. The summed E-state index contributed by atoms with van der Waals surface area (Å²) >= 11 is 0. The van der Waals surface area contributed by atoms with Crippen molar-refractivity contribution < 1.29 is 14.3 Å². The number of nitrogens with zero attached hydrogens (tertiary/aromatic N) is 3. The maximum Gasteiger partial charge on any atom is 0.258 e. The van der Waals surface area contributed by atoms with Gasteiger partial charge in [-0.3, -0.25) is 4.79 Å². The molecule has 2 N–H and O–H groups in total. The number of methoxy groups -OCH3 is 1. The first-order chi connectivity index (χ1) is 13.6. The normalized spacial score (nSPS) is 13.3. The molecule has 150 valence electrons. The van der Waals surface area contributed by atoms with Gasteiger partial charge in [0.05, 0.1) is 7.11 Å². The molecule has 3 rings (SSSR count). The Labute approximate surface area is 165 Å². The van der Waals surface area contributed by atoms with Gasteiger partial charge >= 0.3 is 0 Å². The quantitative estimate of drug-likeness (QED) is 0.638. The van der Waals surface area contributed by atoms with Crippen molar-refractivity contribution in [2.45, 2.75) is 19.8 Å². The predicted molar refractivity (Wildman–Crippen MR) is 108 cm³/mol. The molecule has 1 saturated heterocycles. The SMILES string of the molecule is COc1ccc(OCC(=O)NCCNc2nc(C)cc(N3CCCC3)n2)cc1. The monoisotopic (exact) mass is 385 g/mol. The second kappa shape index (κ2) is 9.77. The fraction of sp³-hybridized carbons (Fsp3) is 0.450. The van der Waals surface area contributed by atoms with Crippen molar-refractivity contribution >= 4 is 17.7 Å². The molecule has 8 heteroatoms. The third-order valence-electron chi connectivity index (χ3n) is 4.43. The van der Waals surface area contributed by atoms with Crippen molar-refractivity contribution in [3.8, 4) is 11.5 Å². The van der Waals surface area contributed by atoms with Crippen LogP contribution in [0, 0.1) is 6.92 Å². The number of nitrogens with one attached hydrogen (secondary N) is 2. The van der Waals surface area contributed by atoms with E-state index >= 15 is 0 Å². The van der Waals surface area contributed by atoms with E-state index in [0.29, 0.717) is 24.8 Å². The highest BCUT2D eigenvalue weighted by molar-refractivity contribution is 5.77. The molecule has 1 aliphatic rings. The highest BCUT2D eigenvalue weighted by Gasteiger charge is 2.15. The summed E-state index contributed by atoms with van der Waals surface area (Å²) in [6, 6.07) is 9.11. The Kier molecular flexibility index (Phi) is 6.89. The summed E-state index contributed by atoms with van der Waals surface area (Å²) in [5.41, 5.74) is 0.927. The molecule has 8 nitrogen and oxygen atoms in total. The number of aryl methyl sites for hydroxylation is 1. The van der Waals surface area contributed by atoms with Crippen molar-refractivity contribution in [3.05, 3.63) is 36.0 Å². The molecule has 28 heavy (non-hydrogen) atoms. The molecule has 0 saturated carbocycles. The fourth-order valence-electron chi connectivity index (χ4n) is 2.99. The van der Waals surface area contributed by atoms with Crippen LogP contribution < -0.4 is 25.0 Å². The van der Waals surface area contributed by atoms with Gasteiger partial charge in [-0.05, 0) is 44.0 Å². The van der Waals surface area contributed by atoms with Crippen LogP contribution in [0.2, 0.25) is 0 Å². The average Bonchev–Trinajstić information content (AvgIpc) is 3.25. The molecule has 1 amide bonds. The number of rotatable bonds is 9. The van der Waals surface area contributed by atoms with Crippen LogP contribution in [0.5, 0.6) is 11.5 Å². The minimum Gasteiger partial charge on any atom is -0.497 e. The van der Waals surface area contributed by atoms with E-state index in [-0.39, 0.29) is 12.5 Å². The molecule has 2 heterocycles. The molecule has 0 aliphatic carbocycles. The Bertz CT molecular complexity index is 776. The Morgan fingerprint density at radius 1 is 1.11 bits per heavy atom. The number of carbonyl (C=O) groups excluding carboxylic acids is 1. The predicted octanol–water partition coefficient (Wildman–Crippen LogP) is 2.00. The lowest BCUT2D eigenvalue weighted by Crippen LogP contribution is -2.33. The third kappa shape index (κ3) is 5.73. The van der Waals surface area contributed by atoms with Crippen molar-refractivity contribution in [1.82, 2.24) is 15.3 Å². The van der Waals surface area contributed by atoms with Gasteiger partial charge in [0, 0.05) is 37.9 Å². The van der Waals surface area contributed by atoms with Gasteiger partial charge < -0.3 is 25.0 Å². The van der Waals surface area contributed by atoms with E-state index in [1.807, 2.05) is 13.0 Å². The van der Waals surface area contributed by atoms with Crippen LogP contribution in [0.1, 0.15) is 18.5 Å². The van der Waals surface area contributed by atoms with Gasteiger partial charge in [0.25, 0.3) is 5.91 Å². The van der Waals surface area contributed by atoms with E-state index in [1.54, 1.807) is 31.4 Å². The zero-order chi connectivity index (χ0) is 19.8. The zero-order valence-electron chi connectivity index (χ0n) is 16.4. The highest BCUT2D eigenvalue weighted by atomic mass is 16.5. The number of ether oxygens (including phenoxy) is 2. The molecule has 1 aliphatic heterocycles. The summed E-state index contributed by atoms with van der Waals surface area (Å²) in [7, 11) is 1.60. The fourth-order valence-corrected chi connectivity index (χ4v) is 2.99. The van der Waals surface area contributed by atoms with Crippen LogP contribution in [-0.2, 0) is 4.79 Å². The van der Waals surface area contributed by atoms with E-state index in [2.05, 4.69) is 25.5 Å². The van der Waals surface area contributed by atoms with Crippen LogP contribution in [-0.4, -0.2) is 55.8 Å². The van der Waals surface area contributed by atoms with E-state index in [4.69, 9.17) is 9.47 Å². The van der Waals surface area contributed by atoms with Crippen molar-refractivity contribution in [3.63, 3.8) is 0 Å². The molecule has 0 spiro atoms. The van der Waals surface area contributed by atoms with Crippen LogP contribution in [0.15, 0.2) is 30.3 Å². The second-order valence-corrected chi connectivity index (χ2v) is 6.63. The number of amides is 1. The maximum absolute atomic E-state index is 11.9. The number of benzene rings is 1. The lowest BCUT2D eigenvalue weighted by Gasteiger charge is -2.17. The van der Waals surface area contributed by atoms with Gasteiger partial charge in [-0.15, -0.1) is 0 Å². The average molecular weight is 385 g/mol. The number of hydrogen-bond donors (Lipinski definition) is 2. The molecule has 2 aromatic rings. The lowest BCUT2D eigenvalue weighted by molar-refractivity contribution is -0.123. The first kappa shape index (κ1) is 19.7. The zero-order valence-corrected chi connectivity index (χ0v) is 16.4. The lowest BCUT2D eigenvalue weighted by atomic mass is 10.3. The number of anilines is 2. The summed E-state index contributed by atoms with van der Waals surface area (Å²) in [5.74, 6) is 2.74. The van der Waals surface area contributed by atoms with Crippen molar-refractivity contribution in [1.29, 1.82) is 0 Å². The smallest absolute Gasteiger partial charge is 0.258 e. The van der Waals surface area contributed by atoms with Gasteiger partial charge in [-0.1, -0.05) is 0 Å². The van der Waals surface area contributed by atoms with Crippen LogP contribution in [0.25, 0.3) is 0 Å². The number of hydrogen-bond acceptors (Lipinski definition) is 7. The Morgan fingerprint density at radius 2 is 1.82 bits per heavy atom. The topological polar surface area (TPSA) is 88.6 Å². The maximum atomic E-state index is 11.9. The first-order valence-electron chi connectivity index (χ1n) is 9.52. The standard InChI is InChI=1S/C20H27N5O3/c1-15-13-18(25-11-3-4-12-25)24-20(23-15)22-10-9-21-19(26)14-28-17-7-5-16(27-2)6-8-17/h5-8,13H,3-4,9-12,14H2,1-2H3,(H,21,26)(H,22,23,24). The molecular formula is C20H27N5O3. The minimum atomic E-state index is -0.180. The van der Waals surface area contributed by atoms with Crippen LogP contribution in [0.3, 0.4) is 0 Å². The summed E-state index contributed by atoms with van der Waals surface area (Å²) in [5, 5.41) is 5.99. The van der Waals surface area contributed by atoms with Crippen molar-refractivity contribution in [2.75, 3.05) is 50.1 Å². The van der Waals surface area contributed by atoms with Gasteiger partial charge in [0.1, 0.15) is 17.3 Å². The third-order valence-corrected chi connectivity index (χ3v) is 4.43. The summed E-state index contributed by atoms with van der Waals surface area (Å²) in [4.78, 5) is 23.2. The minimum absolute atomic E-state index is 0.0353. The van der Waals surface area contributed by atoms with E-state index in [0.717, 1.165) is 30.4 Å². The number of carbonyl (C=O) groups is 1. The van der Waals surface area contributed by atoms with Gasteiger partial charge in [-0.25, -0.2) is 4.98 Å². The van der Waals surface area contributed by atoms with Gasteiger partial charge in [-0.2, -0.15) is 4.98 Å². The van der Waals surface area contributed by atoms with Crippen molar-refractivity contribution in [2.24, 2.45) is 0 Å². The van der Waals surface area contributed by atoms with E-state index in [9.17, 15) is 4.79 Å². The summed E-state index contributed by atoms with van der Waals surface area (Å²) in [6.07, 6.45) is 2.41. The molecule has 0 atom stereocenters. The van der Waals surface area contributed by atoms with Gasteiger partial charge in [0.15, 0.2) is 6.61 Å². The first-order valence-corrected chi connectivity index (χ1v) is 9.52. The largest absolute Gasteiger partial charge is 0.497 e. The molecule has 1 aromatic heterocycles. The Balaban J connectivity index is 1.38. The second-order valence-electron chi connectivity index (χ2n) is 6.63. The Morgan fingerprint density at radius 3 is 2.54 bits per heavy atom. The van der Waals surface area contributed by atoms with Gasteiger partial charge in [0.2, 0.25) is 5.95 Å². The summed E-state index contributed by atoms with van der Waals surface area (Å²) in [6.45, 7) is 5.01. The Hall–Kier alpha value is -3.03. The molecule has 1 fully saturated rings. The van der Waals surface area contributed by atoms with Crippen LogP contribution >= 0.6 is 0 Å². The van der Waals surface area contributed by atoms with Crippen LogP contribution in [0.4, 0.5) is 11.8 Å². The molecular weight excluding hydrogens is 358 g/mol. The van der Waals surface area contributed by atoms with E-state index < -0.39 is 0 Å². The molecule has 0 radical (unpaired) electrons. The molecule has 0 bridgehead atoms. The summed E-state index contributed by atoms with van der Waals surface area (Å²) < 4.78 is 10.5. The molecule has 0 unspecified atom stereocenters. The number of aromatic nitrogens is 2.